The highest BCUT2D eigenvalue weighted by Gasteiger charge is 2.08. The van der Waals surface area contributed by atoms with Gasteiger partial charge in [-0.2, -0.15) is 0 Å². The van der Waals surface area contributed by atoms with Crippen LogP contribution in [0.25, 0.3) is 5.70 Å². The third kappa shape index (κ3) is 4.24. The number of anilines is 2. The van der Waals surface area contributed by atoms with Crippen LogP contribution in [0.5, 0.6) is 0 Å². The fourth-order valence-corrected chi connectivity index (χ4v) is 3.57. The Labute approximate surface area is 156 Å². The maximum Gasteiger partial charge on any atom is 0.323 e. The van der Waals surface area contributed by atoms with Crippen LogP contribution in [0, 0.1) is 0 Å². The molecule has 0 fully saturated rings. The number of carbonyl (C=O) groups excluding carboxylic acids is 1. The number of nitrogens with one attached hydrogen (secondary N) is 2. The van der Waals surface area contributed by atoms with E-state index >= 15 is 0 Å². The zero-order valence-electron chi connectivity index (χ0n) is 12.5. The first-order valence-corrected chi connectivity index (χ1v) is 8.76. The van der Waals surface area contributed by atoms with Gasteiger partial charge in [0.1, 0.15) is 5.84 Å². The Kier molecular flexibility index (Phi) is 5.01. The minimum Gasteiger partial charge on any atom is -0.387 e. The van der Waals surface area contributed by atoms with Crippen molar-refractivity contribution in [2.75, 3.05) is 10.6 Å². The number of nitrogens with zero attached hydrogens (tertiary/aromatic N) is 1. The molecule has 0 unspecified atom stereocenters. The van der Waals surface area contributed by atoms with Crippen LogP contribution in [0.3, 0.4) is 0 Å². The summed E-state index contributed by atoms with van der Waals surface area (Å²) < 4.78 is 1.75. The van der Waals surface area contributed by atoms with Crippen molar-refractivity contribution in [3.8, 4) is 0 Å². The number of carbonyl (C=O) groups is 1. The van der Waals surface area contributed by atoms with E-state index in [1.807, 2.05) is 48.5 Å². The molecule has 5 nitrogen and oxygen atoms in total. The van der Waals surface area contributed by atoms with E-state index in [0.717, 1.165) is 20.2 Å². The molecule has 0 radical (unpaired) electrons. The van der Waals surface area contributed by atoms with Gasteiger partial charge in [0.25, 0.3) is 0 Å². The molecular weight excluding hydrogens is 436 g/mol. The highest BCUT2D eigenvalue weighted by atomic mass is 79.9. The second-order valence-corrected chi connectivity index (χ2v) is 7.04. The van der Waals surface area contributed by atoms with Crippen molar-refractivity contribution in [3.05, 3.63) is 63.0 Å². The number of nitrogens with two attached hydrogens (primary N) is 1. The SMILES string of the molecule is NC1=NC(c2ccc(NC(=O)Nc3cc(Br)cc(Br)c3)cc2)=CC1. The predicted octanol–water partition coefficient (Wildman–Crippen LogP) is 4.96. The van der Waals surface area contributed by atoms with Crippen molar-refractivity contribution in [1.82, 2.24) is 0 Å². The predicted molar refractivity (Wildman–Crippen MR) is 105 cm³/mol. The van der Waals surface area contributed by atoms with Gasteiger partial charge in [-0.1, -0.05) is 50.1 Å². The largest absolute Gasteiger partial charge is 0.387 e. The van der Waals surface area contributed by atoms with Gasteiger partial charge in [-0.15, -0.1) is 0 Å². The number of benzene rings is 2. The van der Waals surface area contributed by atoms with Crippen molar-refractivity contribution < 1.29 is 4.79 Å². The first kappa shape index (κ1) is 16.7. The van der Waals surface area contributed by atoms with Gasteiger partial charge in [0.2, 0.25) is 0 Å². The van der Waals surface area contributed by atoms with Crippen LogP contribution in [0.4, 0.5) is 16.2 Å². The molecule has 2 aromatic carbocycles. The topological polar surface area (TPSA) is 79.5 Å². The highest BCUT2D eigenvalue weighted by molar-refractivity contribution is 9.11. The molecule has 122 valence electrons. The smallest absolute Gasteiger partial charge is 0.323 e. The third-order valence-corrected chi connectivity index (χ3v) is 4.24. The van der Waals surface area contributed by atoms with Crippen molar-refractivity contribution in [2.45, 2.75) is 6.42 Å². The van der Waals surface area contributed by atoms with Gasteiger partial charge in [-0.05, 0) is 30.3 Å². The van der Waals surface area contributed by atoms with Crippen LogP contribution in [-0.2, 0) is 0 Å². The molecule has 0 bridgehead atoms. The number of hydrogen-bond acceptors (Lipinski definition) is 3. The molecule has 0 atom stereocenters. The van der Waals surface area contributed by atoms with Gasteiger partial charge < -0.3 is 16.4 Å². The minimum absolute atomic E-state index is 0.310. The summed E-state index contributed by atoms with van der Waals surface area (Å²) in [5.41, 5.74) is 8.89. The molecule has 1 heterocycles. The standard InChI is InChI=1S/C17H14Br2N4O/c18-11-7-12(19)9-14(8-11)22-17(24)21-13-3-1-10(2-4-13)15-5-6-16(20)23-15/h1-5,7-9H,6H2,(H2,20,23)(H2,21,22,24). The summed E-state index contributed by atoms with van der Waals surface area (Å²) in [6, 6.07) is 12.7. The second kappa shape index (κ2) is 7.19. The summed E-state index contributed by atoms with van der Waals surface area (Å²) in [7, 11) is 0. The van der Waals surface area contributed by atoms with Crippen LogP contribution in [0.2, 0.25) is 0 Å². The van der Waals surface area contributed by atoms with E-state index in [9.17, 15) is 4.79 Å². The molecule has 2 amide bonds. The lowest BCUT2D eigenvalue weighted by molar-refractivity contribution is 0.262. The normalized spacial score (nSPS) is 13.2. The Hall–Kier alpha value is -2.12. The molecule has 0 saturated carbocycles. The zero-order chi connectivity index (χ0) is 17.1. The number of rotatable bonds is 3. The van der Waals surface area contributed by atoms with E-state index < -0.39 is 0 Å². The van der Waals surface area contributed by atoms with Crippen LogP contribution in [0.1, 0.15) is 12.0 Å². The number of halogens is 2. The quantitative estimate of drug-likeness (QED) is 0.619. The lowest BCUT2D eigenvalue weighted by atomic mass is 10.1. The van der Waals surface area contributed by atoms with E-state index in [2.05, 4.69) is 47.5 Å². The average Bonchev–Trinajstić information content (AvgIpc) is 2.93. The molecular formula is C17H14Br2N4O. The number of aliphatic imine (C=N–C) groups is 1. The fourth-order valence-electron chi connectivity index (χ4n) is 2.27. The first-order chi connectivity index (χ1) is 11.5. The highest BCUT2D eigenvalue weighted by Crippen LogP contribution is 2.24. The summed E-state index contributed by atoms with van der Waals surface area (Å²) >= 11 is 6.78. The molecule has 0 aliphatic carbocycles. The van der Waals surface area contributed by atoms with Gasteiger partial charge in [0.05, 0.1) is 5.70 Å². The van der Waals surface area contributed by atoms with E-state index in [-0.39, 0.29) is 6.03 Å². The Balaban J connectivity index is 1.64. The molecule has 4 N–H and O–H groups in total. The second-order valence-electron chi connectivity index (χ2n) is 5.21. The average molecular weight is 450 g/mol. The van der Waals surface area contributed by atoms with Crippen LogP contribution in [-0.4, -0.2) is 11.9 Å². The van der Waals surface area contributed by atoms with Crippen LogP contribution < -0.4 is 16.4 Å². The Morgan fingerprint density at radius 3 is 2.21 bits per heavy atom. The lowest BCUT2D eigenvalue weighted by Crippen LogP contribution is -2.19. The number of urea groups is 1. The van der Waals surface area contributed by atoms with E-state index in [4.69, 9.17) is 5.73 Å². The van der Waals surface area contributed by atoms with Crippen LogP contribution in [0.15, 0.2) is 62.5 Å². The third-order valence-electron chi connectivity index (χ3n) is 3.33. The molecule has 0 aromatic heterocycles. The van der Waals surface area contributed by atoms with E-state index in [1.54, 1.807) is 0 Å². The van der Waals surface area contributed by atoms with E-state index in [0.29, 0.717) is 23.6 Å². The van der Waals surface area contributed by atoms with Gasteiger partial charge >= 0.3 is 6.03 Å². The van der Waals surface area contributed by atoms with Crippen molar-refractivity contribution >= 4 is 60.8 Å². The Bertz CT molecular complexity index is 824. The minimum atomic E-state index is -0.310. The fraction of sp³-hybridized carbons (Fsp3) is 0.0588. The molecule has 2 aromatic rings. The van der Waals surface area contributed by atoms with Gasteiger partial charge in [0, 0.05) is 32.3 Å². The van der Waals surface area contributed by atoms with Crippen molar-refractivity contribution in [2.24, 2.45) is 10.7 Å². The summed E-state index contributed by atoms with van der Waals surface area (Å²) in [5, 5.41) is 5.58. The van der Waals surface area contributed by atoms with Crippen LogP contribution >= 0.6 is 31.9 Å². The number of hydrogen-bond donors (Lipinski definition) is 3. The molecule has 1 aliphatic rings. The molecule has 1 aliphatic heterocycles. The maximum atomic E-state index is 12.1. The van der Waals surface area contributed by atoms with Crippen molar-refractivity contribution in [1.29, 1.82) is 0 Å². The van der Waals surface area contributed by atoms with Gasteiger partial charge in [-0.3, -0.25) is 0 Å². The molecule has 7 heteroatoms. The summed E-state index contributed by atoms with van der Waals surface area (Å²) in [6.07, 6.45) is 2.66. The summed E-state index contributed by atoms with van der Waals surface area (Å²) in [6.45, 7) is 0. The van der Waals surface area contributed by atoms with E-state index in [1.165, 1.54) is 0 Å². The van der Waals surface area contributed by atoms with Gasteiger partial charge in [0.15, 0.2) is 0 Å². The molecule has 0 saturated heterocycles. The first-order valence-electron chi connectivity index (χ1n) is 7.17. The molecule has 24 heavy (non-hydrogen) atoms. The van der Waals surface area contributed by atoms with Crippen molar-refractivity contribution in [3.63, 3.8) is 0 Å². The Morgan fingerprint density at radius 1 is 1.00 bits per heavy atom. The monoisotopic (exact) mass is 448 g/mol. The van der Waals surface area contributed by atoms with Gasteiger partial charge in [-0.25, -0.2) is 9.79 Å². The number of amidine groups is 1. The maximum absolute atomic E-state index is 12.1. The summed E-state index contributed by atoms with van der Waals surface area (Å²) in [4.78, 5) is 16.4. The molecule has 0 spiro atoms. The zero-order valence-corrected chi connectivity index (χ0v) is 15.7. The lowest BCUT2D eigenvalue weighted by Gasteiger charge is -2.09. The summed E-state index contributed by atoms with van der Waals surface area (Å²) in [5.74, 6) is 0.617. The Morgan fingerprint density at radius 2 is 1.62 bits per heavy atom. The molecule has 3 rings (SSSR count). The number of amides is 2.